The van der Waals surface area contributed by atoms with Crippen LogP contribution in [-0.4, -0.2) is 77.0 Å². The second-order valence-electron chi connectivity index (χ2n) is 9.50. The zero-order valence-electron chi connectivity index (χ0n) is 20.0. The molecule has 8 heteroatoms. The van der Waals surface area contributed by atoms with Crippen molar-refractivity contribution in [2.45, 2.75) is 38.9 Å². The number of benzene rings is 1. The fourth-order valence-corrected chi connectivity index (χ4v) is 4.71. The summed E-state index contributed by atoms with van der Waals surface area (Å²) in [6.45, 7) is 6.33. The molecule has 1 aromatic carbocycles. The minimum absolute atomic E-state index is 0.0155. The molecule has 2 aromatic heterocycles. The van der Waals surface area contributed by atoms with Crippen molar-refractivity contribution in [2.75, 3.05) is 44.0 Å². The molecule has 1 fully saturated rings. The van der Waals surface area contributed by atoms with Crippen LogP contribution in [0.15, 0.2) is 36.5 Å². The Morgan fingerprint density at radius 2 is 1.91 bits per heavy atom. The molecule has 1 atom stereocenters. The molecule has 4 heterocycles. The predicted molar refractivity (Wildman–Crippen MR) is 131 cm³/mol. The Morgan fingerprint density at radius 1 is 1.12 bits per heavy atom. The van der Waals surface area contributed by atoms with E-state index in [2.05, 4.69) is 41.0 Å². The van der Waals surface area contributed by atoms with E-state index in [0.29, 0.717) is 24.2 Å². The van der Waals surface area contributed by atoms with Gasteiger partial charge in [-0.25, -0.2) is 4.98 Å². The minimum Gasteiger partial charge on any atom is -0.339 e. The fourth-order valence-electron chi connectivity index (χ4n) is 4.71. The molecule has 1 amide bonds. The van der Waals surface area contributed by atoms with E-state index in [0.717, 1.165) is 47.5 Å². The van der Waals surface area contributed by atoms with E-state index in [1.807, 2.05) is 55.1 Å². The standard InChI is InChI=1S/C25H31N7O/c1-16(2)32-15-20-22(24(32)33)27-25(31-11-10-18(14-31)29(3)4)28-23(20)30(5)19-12-17-8-6-7-9-21(17)26-13-19/h6-9,12-13,16,18H,10-11,14-15H2,1-5H3. The summed E-state index contributed by atoms with van der Waals surface area (Å²) in [5.41, 5.74) is 3.30. The molecule has 3 aromatic rings. The first-order valence-electron chi connectivity index (χ1n) is 11.5. The number of hydrogen-bond acceptors (Lipinski definition) is 7. The molecule has 1 unspecified atom stereocenters. The SMILES string of the molecule is CC(C)N1Cc2c(nc(N3CCC(N(C)C)C3)nc2N(C)c2cnc3ccccc3c2)C1=O. The van der Waals surface area contributed by atoms with Gasteiger partial charge in [0.15, 0.2) is 0 Å². The van der Waals surface area contributed by atoms with Crippen molar-refractivity contribution in [1.82, 2.24) is 24.8 Å². The Labute approximate surface area is 194 Å². The smallest absolute Gasteiger partial charge is 0.273 e. The van der Waals surface area contributed by atoms with Gasteiger partial charge in [-0.1, -0.05) is 18.2 Å². The van der Waals surface area contributed by atoms with Crippen LogP contribution in [0.4, 0.5) is 17.5 Å². The van der Waals surface area contributed by atoms with Crippen molar-refractivity contribution in [2.24, 2.45) is 0 Å². The van der Waals surface area contributed by atoms with E-state index >= 15 is 0 Å². The molecule has 0 bridgehead atoms. The molecule has 172 valence electrons. The minimum atomic E-state index is -0.0155. The Hall–Kier alpha value is -3.26. The van der Waals surface area contributed by atoms with Crippen LogP contribution in [0, 0.1) is 0 Å². The van der Waals surface area contributed by atoms with Crippen LogP contribution in [0.25, 0.3) is 10.9 Å². The Balaban J connectivity index is 1.58. The number of hydrogen-bond donors (Lipinski definition) is 0. The number of carbonyl (C=O) groups excluding carboxylic acids is 1. The van der Waals surface area contributed by atoms with Gasteiger partial charge in [-0.05, 0) is 46.5 Å². The number of aromatic nitrogens is 3. The largest absolute Gasteiger partial charge is 0.339 e. The van der Waals surface area contributed by atoms with Crippen LogP contribution in [0.3, 0.4) is 0 Å². The number of fused-ring (bicyclic) bond motifs is 2. The zero-order valence-corrected chi connectivity index (χ0v) is 20.0. The number of pyridine rings is 1. The first kappa shape index (κ1) is 21.6. The van der Waals surface area contributed by atoms with Gasteiger partial charge in [0.25, 0.3) is 5.91 Å². The van der Waals surface area contributed by atoms with Gasteiger partial charge in [-0.2, -0.15) is 4.98 Å². The summed E-state index contributed by atoms with van der Waals surface area (Å²) >= 11 is 0. The maximum Gasteiger partial charge on any atom is 0.273 e. The second kappa shape index (κ2) is 8.26. The lowest BCUT2D eigenvalue weighted by Crippen LogP contribution is -2.32. The van der Waals surface area contributed by atoms with Crippen LogP contribution in [0.1, 0.15) is 36.3 Å². The molecule has 5 rings (SSSR count). The molecule has 1 saturated heterocycles. The average Bonchev–Trinajstić information content (AvgIpc) is 3.43. The highest BCUT2D eigenvalue weighted by Gasteiger charge is 2.37. The first-order chi connectivity index (χ1) is 15.8. The van der Waals surface area contributed by atoms with Gasteiger partial charge in [0.1, 0.15) is 11.5 Å². The van der Waals surface area contributed by atoms with Crippen molar-refractivity contribution in [3.8, 4) is 0 Å². The van der Waals surface area contributed by atoms with Gasteiger partial charge < -0.3 is 19.6 Å². The molecule has 2 aliphatic rings. The molecule has 2 aliphatic heterocycles. The third-order valence-electron chi connectivity index (χ3n) is 6.85. The van der Waals surface area contributed by atoms with E-state index in [1.54, 1.807) is 0 Å². The van der Waals surface area contributed by atoms with Gasteiger partial charge in [-0.15, -0.1) is 0 Å². The van der Waals surface area contributed by atoms with Gasteiger partial charge in [0, 0.05) is 43.2 Å². The highest BCUT2D eigenvalue weighted by atomic mass is 16.2. The van der Waals surface area contributed by atoms with Crippen molar-refractivity contribution in [3.05, 3.63) is 47.8 Å². The average molecular weight is 446 g/mol. The van der Waals surface area contributed by atoms with Crippen LogP contribution < -0.4 is 9.80 Å². The molecule has 0 saturated carbocycles. The lowest BCUT2D eigenvalue weighted by molar-refractivity contribution is 0.0726. The number of anilines is 3. The normalized spacial score (nSPS) is 18.2. The lowest BCUT2D eigenvalue weighted by atomic mass is 10.2. The molecule has 0 aliphatic carbocycles. The van der Waals surface area contributed by atoms with Crippen molar-refractivity contribution >= 4 is 34.3 Å². The van der Waals surface area contributed by atoms with E-state index in [1.165, 1.54) is 0 Å². The summed E-state index contributed by atoms with van der Waals surface area (Å²) in [5.74, 6) is 1.39. The van der Waals surface area contributed by atoms with E-state index < -0.39 is 0 Å². The zero-order chi connectivity index (χ0) is 23.3. The molecule has 8 nitrogen and oxygen atoms in total. The summed E-state index contributed by atoms with van der Waals surface area (Å²) in [7, 11) is 6.20. The van der Waals surface area contributed by atoms with Gasteiger partial charge in [0.2, 0.25) is 5.95 Å². The van der Waals surface area contributed by atoms with Crippen LogP contribution in [0.5, 0.6) is 0 Å². The van der Waals surface area contributed by atoms with E-state index in [9.17, 15) is 4.79 Å². The summed E-state index contributed by atoms with van der Waals surface area (Å²) in [6.07, 6.45) is 2.92. The maximum atomic E-state index is 13.2. The molecular weight excluding hydrogens is 414 g/mol. The summed E-state index contributed by atoms with van der Waals surface area (Å²) in [4.78, 5) is 36.0. The van der Waals surface area contributed by atoms with Crippen LogP contribution >= 0.6 is 0 Å². The quantitative estimate of drug-likeness (QED) is 0.597. The predicted octanol–water partition coefficient (Wildman–Crippen LogP) is 3.30. The third kappa shape index (κ3) is 3.78. The maximum absolute atomic E-state index is 13.2. The van der Waals surface area contributed by atoms with E-state index in [-0.39, 0.29) is 11.9 Å². The number of amides is 1. The Kier molecular flexibility index (Phi) is 5.40. The van der Waals surface area contributed by atoms with Crippen LogP contribution in [0.2, 0.25) is 0 Å². The Bertz CT molecular complexity index is 1210. The molecule has 33 heavy (non-hydrogen) atoms. The van der Waals surface area contributed by atoms with E-state index in [4.69, 9.17) is 9.97 Å². The number of rotatable bonds is 5. The number of para-hydroxylation sites is 1. The lowest BCUT2D eigenvalue weighted by Gasteiger charge is -2.24. The molecule has 0 N–H and O–H groups in total. The molecular formula is C25H31N7O. The Morgan fingerprint density at radius 3 is 2.64 bits per heavy atom. The van der Waals surface area contributed by atoms with Crippen molar-refractivity contribution in [3.63, 3.8) is 0 Å². The van der Waals surface area contributed by atoms with Gasteiger partial charge in [0.05, 0.1) is 23.9 Å². The topological polar surface area (TPSA) is 68.7 Å². The third-order valence-corrected chi connectivity index (χ3v) is 6.85. The monoisotopic (exact) mass is 445 g/mol. The van der Waals surface area contributed by atoms with Crippen molar-refractivity contribution < 1.29 is 4.79 Å². The number of likely N-dealkylation sites (N-methyl/N-ethyl adjacent to an activating group) is 1. The summed E-state index contributed by atoms with van der Waals surface area (Å²) in [6, 6.07) is 10.7. The van der Waals surface area contributed by atoms with Crippen LogP contribution in [-0.2, 0) is 6.54 Å². The first-order valence-corrected chi connectivity index (χ1v) is 11.5. The van der Waals surface area contributed by atoms with Gasteiger partial charge in [-0.3, -0.25) is 9.78 Å². The molecule has 0 spiro atoms. The van der Waals surface area contributed by atoms with Gasteiger partial charge >= 0.3 is 0 Å². The fraction of sp³-hybridized carbons (Fsp3) is 0.440. The summed E-state index contributed by atoms with van der Waals surface area (Å²) in [5, 5.41) is 1.07. The highest BCUT2D eigenvalue weighted by molar-refractivity contribution is 5.99. The number of carbonyl (C=O) groups is 1. The second-order valence-corrected chi connectivity index (χ2v) is 9.50. The van der Waals surface area contributed by atoms with Crippen molar-refractivity contribution in [1.29, 1.82) is 0 Å². The number of nitrogens with zero attached hydrogens (tertiary/aromatic N) is 7. The highest BCUT2D eigenvalue weighted by Crippen LogP contribution is 2.36. The summed E-state index contributed by atoms with van der Waals surface area (Å²) < 4.78 is 0. The molecule has 0 radical (unpaired) electrons.